The van der Waals surface area contributed by atoms with Crippen LogP contribution >= 0.6 is 0 Å². The van der Waals surface area contributed by atoms with Crippen LogP contribution in [0.5, 0.6) is 0 Å². The Hall–Kier alpha value is -2.44. The van der Waals surface area contributed by atoms with Crippen LogP contribution in [0.15, 0.2) is 29.2 Å². The molecule has 1 amide bonds. The zero-order chi connectivity index (χ0) is 20.8. The Morgan fingerprint density at radius 2 is 1.82 bits per heavy atom. The molecule has 1 saturated carbocycles. The lowest BCUT2D eigenvalue weighted by Gasteiger charge is -2.38. The molecule has 2 rings (SSSR count). The van der Waals surface area contributed by atoms with Crippen LogP contribution in [0.3, 0.4) is 0 Å². The fourth-order valence-electron chi connectivity index (χ4n) is 3.14. The number of nitrogens with zero attached hydrogens (tertiary/aromatic N) is 2. The second-order valence-corrected chi connectivity index (χ2v) is 8.72. The summed E-state index contributed by atoms with van der Waals surface area (Å²) < 4.78 is 31.3. The molecule has 0 aromatic heterocycles. The smallest absolute Gasteiger partial charge is 0.321 e. The minimum absolute atomic E-state index is 0.0370. The maximum absolute atomic E-state index is 12.3. The molecule has 8 nitrogen and oxygen atoms in total. The number of carbonyl (C=O) groups is 2. The molecule has 0 bridgehead atoms. The molecular weight excluding hydrogens is 382 g/mol. The number of carbonyl (C=O) groups excluding carboxylic acids is 2. The summed E-state index contributed by atoms with van der Waals surface area (Å²) in [6.45, 7) is 0.709. The highest BCUT2D eigenvalue weighted by Gasteiger charge is 2.39. The van der Waals surface area contributed by atoms with Gasteiger partial charge in [0, 0.05) is 7.05 Å². The standard InChI is InChI=1S/C19H25N3O5S/c1-15-6-8-16(9-7-15)28(25,26)21-12-18(24)27-13-17(23)22(2)19(14-20)10-4-3-5-11-19/h6-9,21H,3-5,10-13H2,1-2H3. The van der Waals surface area contributed by atoms with Crippen molar-refractivity contribution in [2.45, 2.75) is 49.5 Å². The van der Waals surface area contributed by atoms with Crippen LogP contribution in [0.4, 0.5) is 0 Å². The Labute approximate surface area is 165 Å². The zero-order valence-electron chi connectivity index (χ0n) is 16.1. The second kappa shape index (κ2) is 9.17. The highest BCUT2D eigenvalue weighted by Crippen LogP contribution is 2.32. The summed E-state index contributed by atoms with van der Waals surface area (Å²) in [6, 6.07) is 8.40. The summed E-state index contributed by atoms with van der Waals surface area (Å²) in [5.41, 5.74) is 0.0449. The molecule has 1 aromatic carbocycles. The number of aryl methyl sites for hydroxylation is 1. The maximum Gasteiger partial charge on any atom is 0.321 e. The Kier molecular flexibility index (Phi) is 7.16. The fourth-order valence-corrected chi connectivity index (χ4v) is 4.11. The van der Waals surface area contributed by atoms with Gasteiger partial charge >= 0.3 is 5.97 Å². The van der Waals surface area contributed by atoms with Crippen molar-refractivity contribution in [1.29, 1.82) is 5.26 Å². The fraction of sp³-hybridized carbons (Fsp3) is 0.526. The van der Waals surface area contributed by atoms with Gasteiger partial charge < -0.3 is 9.64 Å². The molecule has 0 radical (unpaired) electrons. The van der Waals surface area contributed by atoms with Gasteiger partial charge in [0.2, 0.25) is 10.0 Å². The van der Waals surface area contributed by atoms with Gasteiger partial charge in [0.25, 0.3) is 5.91 Å². The molecule has 1 aliphatic carbocycles. The molecule has 1 fully saturated rings. The minimum Gasteiger partial charge on any atom is -0.455 e. The van der Waals surface area contributed by atoms with Crippen molar-refractivity contribution in [2.75, 3.05) is 20.2 Å². The van der Waals surface area contributed by atoms with Crippen LogP contribution in [0.2, 0.25) is 0 Å². The summed E-state index contributed by atoms with van der Waals surface area (Å²) in [4.78, 5) is 25.5. The van der Waals surface area contributed by atoms with Crippen molar-refractivity contribution in [3.8, 4) is 6.07 Å². The highest BCUT2D eigenvalue weighted by molar-refractivity contribution is 7.89. The molecule has 0 heterocycles. The zero-order valence-corrected chi connectivity index (χ0v) is 16.9. The molecule has 152 valence electrons. The van der Waals surface area contributed by atoms with Gasteiger partial charge in [-0.3, -0.25) is 9.59 Å². The van der Waals surface area contributed by atoms with Crippen LogP contribution in [-0.2, 0) is 24.3 Å². The Morgan fingerprint density at radius 1 is 1.21 bits per heavy atom. The largest absolute Gasteiger partial charge is 0.455 e. The topological polar surface area (TPSA) is 117 Å². The van der Waals surface area contributed by atoms with Crippen LogP contribution in [0.25, 0.3) is 0 Å². The van der Waals surface area contributed by atoms with Crippen molar-refractivity contribution < 1.29 is 22.7 Å². The third kappa shape index (κ3) is 5.30. The minimum atomic E-state index is -3.85. The normalized spacial score (nSPS) is 16.0. The number of ether oxygens (including phenoxy) is 1. The van der Waals surface area contributed by atoms with E-state index in [1.165, 1.54) is 24.1 Å². The number of nitrogens with one attached hydrogen (secondary N) is 1. The summed E-state index contributed by atoms with van der Waals surface area (Å²) in [5, 5.41) is 9.51. The predicted octanol–water partition coefficient (Wildman–Crippen LogP) is 1.50. The number of likely N-dealkylation sites (N-methyl/N-ethyl adjacent to an activating group) is 1. The maximum atomic E-state index is 12.3. The molecule has 0 aliphatic heterocycles. The summed E-state index contributed by atoms with van der Waals surface area (Å²) in [7, 11) is -2.31. The van der Waals surface area contributed by atoms with E-state index < -0.39 is 40.6 Å². The number of hydrogen-bond donors (Lipinski definition) is 1. The SMILES string of the molecule is Cc1ccc(S(=O)(=O)NCC(=O)OCC(=O)N(C)C2(C#N)CCCCC2)cc1. The Bertz CT molecular complexity index is 853. The van der Waals surface area contributed by atoms with Gasteiger partial charge in [0.15, 0.2) is 6.61 Å². The number of benzene rings is 1. The molecule has 0 atom stereocenters. The molecule has 1 aromatic rings. The van der Waals surface area contributed by atoms with Gasteiger partial charge in [0.05, 0.1) is 11.0 Å². The Balaban J connectivity index is 1.85. The summed E-state index contributed by atoms with van der Waals surface area (Å²) in [6.07, 6.45) is 3.95. The average molecular weight is 407 g/mol. The lowest BCUT2D eigenvalue weighted by Crippen LogP contribution is -2.51. The monoisotopic (exact) mass is 407 g/mol. The van der Waals surface area contributed by atoms with Crippen LogP contribution < -0.4 is 4.72 Å². The Morgan fingerprint density at radius 3 is 2.39 bits per heavy atom. The predicted molar refractivity (Wildman–Crippen MR) is 102 cm³/mol. The first-order chi connectivity index (χ1) is 13.2. The average Bonchev–Trinajstić information content (AvgIpc) is 2.70. The number of amides is 1. The van der Waals surface area contributed by atoms with E-state index in [0.717, 1.165) is 24.8 Å². The van der Waals surface area contributed by atoms with E-state index in [2.05, 4.69) is 10.8 Å². The number of esters is 1. The first kappa shape index (κ1) is 21.9. The van der Waals surface area contributed by atoms with E-state index in [-0.39, 0.29) is 4.90 Å². The lowest BCUT2D eigenvalue weighted by atomic mass is 9.81. The number of sulfonamides is 1. The first-order valence-corrected chi connectivity index (χ1v) is 10.6. The van der Waals surface area contributed by atoms with E-state index in [4.69, 9.17) is 4.74 Å². The van der Waals surface area contributed by atoms with Crippen molar-refractivity contribution in [3.63, 3.8) is 0 Å². The van der Waals surface area contributed by atoms with E-state index in [1.54, 1.807) is 12.1 Å². The molecule has 28 heavy (non-hydrogen) atoms. The molecule has 0 spiro atoms. The second-order valence-electron chi connectivity index (χ2n) is 6.96. The van der Waals surface area contributed by atoms with E-state index in [0.29, 0.717) is 12.8 Å². The molecule has 1 N–H and O–H groups in total. The van der Waals surface area contributed by atoms with Crippen LogP contribution in [-0.4, -0.2) is 50.9 Å². The highest BCUT2D eigenvalue weighted by atomic mass is 32.2. The van der Waals surface area contributed by atoms with E-state index in [1.807, 2.05) is 6.92 Å². The molecular formula is C19H25N3O5S. The van der Waals surface area contributed by atoms with Gasteiger partial charge in [0.1, 0.15) is 12.1 Å². The lowest BCUT2D eigenvalue weighted by molar-refractivity contribution is -0.152. The van der Waals surface area contributed by atoms with Gasteiger partial charge in [-0.05, 0) is 31.9 Å². The molecule has 9 heteroatoms. The summed E-state index contributed by atoms with van der Waals surface area (Å²) in [5.74, 6) is -1.36. The van der Waals surface area contributed by atoms with Crippen molar-refractivity contribution in [2.24, 2.45) is 0 Å². The van der Waals surface area contributed by atoms with Gasteiger partial charge in [-0.1, -0.05) is 37.0 Å². The van der Waals surface area contributed by atoms with E-state index >= 15 is 0 Å². The third-order valence-corrected chi connectivity index (χ3v) is 6.42. The van der Waals surface area contributed by atoms with Crippen molar-refractivity contribution in [3.05, 3.63) is 29.8 Å². The number of hydrogen-bond acceptors (Lipinski definition) is 6. The van der Waals surface area contributed by atoms with Gasteiger partial charge in [-0.25, -0.2) is 8.42 Å². The van der Waals surface area contributed by atoms with Crippen molar-refractivity contribution >= 4 is 21.9 Å². The summed E-state index contributed by atoms with van der Waals surface area (Å²) >= 11 is 0. The van der Waals surface area contributed by atoms with Crippen LogP contribution in [0, 0.1) is 18.3 Å². The quantitative estimate of drug-likeness (QED) is 0.685. The van der Waals surface area contributed by atoms with Gasteiger partial charge in [-0.15, -0.1) is 0 Å². The molecule has 0 saturated heterocycles. The van der Waals surface area contributed by atoms with E-state index in [9.17, 15) is 23.3 Å². The van der Waals surface area contributed by atoms with Gasteiger partial charge in [-0.2, -0.15) is 9.98 Å². The first-order valence-electron chi connectivity index (χ1n) is 9.10. The number of rotatable bonds is 7. The van der Waals surface area contributed by atoms with Crippen LogP contribution in [0.1, 0.15) is 37.7 Å². The van der Waals surface area contributed by atoms with Crippen molar-refractivity contribution in [1.82, 2.24) is 9.62 Å². The third-order valence-electron chi connectivity index (χ3n) is 5.00. The molecule has 1 aliphatic rings. The number of nitriles is 1. The molecule has 0 unspecified atom stereocenters.